The summed E-state index contributed by atoms with van der Waals surface area (Å²) in [6.07, 6.45) is 12.2. The van der Waals surface area contributed by atoms with E-state index >= 15 is 0 Å². The highest BCUT2D eigenvalue weighted by Crippen LogP contribution is 2.33. The summed E-state index contributed by atoms with van der Waals surface area (Å²) in [6, 6.07) is 12.8. The fourth-order valence-corrected chi connectivity index (χ4v) is 5.33. The van der Waals surface area contributed by atoms with E-state index in [0.29, 0.717) is 5.82 Å². The highest BCUT2D eigenvalue weighted by molar-refractivity contribution is 5.98. The van der Waals surface area contributed by atoms with Gasteiger partial charge < -0.3 is 9.88 Å². The first-order chi connectivity index (χ1) is 19.0. The Labute approximate surface area is 227 Å². The monoisotopic (exact) mass is 518 g/mol. The molecular formula is C32H31FN6. The number of piperidine rings is 1. The van der Waals surface area contributed by atoms with Crippen molar-refractivity contribution in [2.75, 3.05) is 13.1 Å². The Morgan fingerprint density at radius 3 is 2.72 bits per heavy atom. The number of likely N-dealkylation sites (tertiary alicyclic amines) is 1. The highest BCUT2D eigenvalue weighted by Gasteiger charge is 2.18. The Morgan fingerprint density at radius 2 is 1.95 bits per heavy atom. The molecule has 0 spiro atoms. The number of aromatic nitrogens is 5. The van der Waals surface area contributed by atoms with E-state index in [2.05, 4.69) is 75.8 Å². The standard InChI is InChI=1S/C32H31FN6/c1-4-21(16-25(5-2)39-13-11-20(3)12-14-39)22-9-10-28-26(17-22)31(38-37-28)32-35-29-19-34-18-27(30(29)36-32)23-7-6-8-24(33)15-23/h4-10,15-20H,2,11-14H2,1,3H3,(H,35,36)(H,37,38)/b21-4+,25-16+. The molecule has 2 N–H and O–H groups in total. The van der Waals surface area contributed by atoms with Crippen molar-refractivity contribution in [2.45, 2.75) is 26.7 Å². The Balaban J connectivity index is 1.39. The maximum Gasteiger partial charge on any atom is 0.159 e. The number of benzene rings is 2. The van der Waals surface area contributed by atoms with E-state index in [1.54, 1.807) is 18.5 Å². The van der Waals surface area contributed by atoms with Crippen molar-refractivity contribution >= 4 is 27.5 Å². The number of imidazole rings is 1. The molecule has 0 unspecified atom stereocenters. The fourth-order valence-electron chi connectivity index (χ4n) is 5.33. The molecule has 1 fully saturated rings. The molecule has 0 bridgehead atoms. The molecule has 5 aromatic rings. The summed E-state index contributed by atoms with van der Waals surface area (Å²) in [7, 11) is 0. The van der Waals surface area contributed by atoms with Crippen molar-refractivity contribution < 1.29 is 4.39 Å². The lowest BCUT2D eigenvalue weighted by Crippen LogP contribution is -2.31. The quantitative estimate of drug-likeness (QED) is 0.228. The van der Waals surface area contributed by atoms with Gasteiger partial charge in [0.15, 0.2) is 5.82 Å². The van der Waals surface area contributed by atoms with Crippen molar-refractivity contribution in [3.05, 3.63) is 96.7 Å². The highest BCUT2D eigenvalue weighted by atomic mass is 19.1. The van der Waals surface area contributed by atoms with Gasteiger partial charge in [-0.1, -0.05) is 37.8 Å². The first kappa shape index (κ1) is 24.8. The second-order valence-corrected chi connectivity index (χ2v) is 10.2. The van der Waals surface area contributed by atoms with Gasteiger partial charge in [0.05, 0.1) is 22.7 Å². The van der Waals surface area contributed by atoms with E-state index in [9.17, 15) is 4.39 Å². The minimum absolute atomic E-state index is 0.297. The first-order valence-electron chi connectivity index (χ1n) is 13.4. The summed E-state index contributed by atoms with van der Waals surface area (Å²) in [4.78, 5) is 15.0. The number of nitrogens with zero attached hydrogens (tertiary/aromatic N) is 4. The van der Waals surface area contributed by atoms with E-state index in [1.807, 2.05) is 12.1 Å². The molecule has 196 valence electrons. The molecule has 39 heavy (non-hydrogen) atoms. The van der Waals surface area contributed by atoms with Gasteiger partial charge in [0.1, 0.15) is 11.5 Å². The van der Waals surface area contributed by atoms with Crippen LogP contribution in [0.3, 0.4) is 0 Å². The van der Waals surface area contributed by atoms with Gasteiger partial charge in [0.25, 0.3) is 0 Å². The van der Waals surface area contributed by atoms with Gasteiger partial charge in [-0.05, 0) is 78.8 Å². The molecule has 0 saturated carbocycles. The van der Waals surface area contributed by atoms with Gasteiger partial charge in [-0.25, -0.2) is 9.37 Å². The summed E-state index contributed by atoms with van der Waals surface area (Å²) in [6.45, 7) is 10.6. The average molecular weight is 519 g/mol. The minimum Gasteiger partial charge on any atom is -0.372 e. The molecule has 2 aromatic carbocycles. The number of pyridine rings is 1. The van der Waals surface area contributed by atoms with Gasteiger partial charge in [-0.2, -0.15) is 5.10 Å². The number of hydrogen-bond donors (Lipinski definition) is 2. The van der Waals surface area contributed by atoms with Crippen LogP contribution in [-0.2, 0) is 0 Å². The smallest absolute Gasteiger partial charge is 0.159 e. The molecule has 1 aliphatic rings. The number of hydrogen-bond acceptors (Lipinski definition) is 4. The fraction of sp³-hybridized carbons (Fsp3) is 0.219. The summed E-state index contributed by atoms with van der Waals surface area (Å²) in [5.41, 5.74) is 8.00. The number of halogens is 1. The SMILES string of the molecule is C=C/C(=C\C(=C/C)c1ccc2[nH]nc(-c3nc4c(-c5cccc(F)c5)cncc4[nH]3)c2c1)N1CCC(C)CC1. The molecule has 7 heteroatoms. The normalized spacial score (nSPS) is 15.4. The van der Waals surface area contributed by atoms with Gasteiger partial charge in [-0.3, -0.25) is 10.1 Å². The molecular weight excluding hydrogens is 487 g/mol. The van der Waals surface area contributed by atoms with Crippen molar-refractivity contribution in [1.82, 2.24) is 30.0 Å². The second-order valence-electron chi connectivity index (χ2n) is 10.2. The van der Waals surface area contributed by atoms with Crippen molar-refractivity contribution in [2.24, 2.45) is 5.92 Å². The summed E-state index contributed by atoms with van der Waals surface area (Å²) < 4.78 is 13.9. The van der Waals surface area contributed by atoms with Crippen LogP contribution < -0.4 is 0 Å². The van der Waals surface area contributed by atoms with Gasteiger partial charge in [-0.15, -0.1) is 0 Å². The predicted molar refractivity (Wildman–Crippen MR) is 156 cm³/mol. The van der Waals surface area contributed by atoms with Crippen LogP contribution in [-0.4, -0.2) is 43.1 Å². The van der Waals surface area contributed by atoms with Crippen LogP contribution in [0.15, 0.2) is 85.4 Å². The Bertz CT molecular complexity index is 1730. The van der Waals surface area contributed by atoms with Gasteiger partial charge in [0.2, 0.25) is 0 Å². The molecule has 0 aliphatic carbocycles. The average Bonchev–Trinajstić information content (AvgIpc) is 3.58. The van der Waals surface area contributed by atoms with Crippen LogP contribution in [0, 0.1) is 11.7 Å². The lowest BCUT2D eigenvalue weighted by Gasteiger charge is -2.33. The predicted octanol–water partition coefficient (Wildman–Crippen LogP) is 7.51. The van der Waals surface area contributed by atoms with Gasteiger partial charge >= 0.3 is 0 Å². The molecule has 0 radical (unpaired) electrons. The number of rotatable bonds is 6. The number of aromatic amines is 2. The molecule has 4 heterocycles. The summed E-state index contributed by atoms with van der Waals surface area (Å²) in [5.74, 6) is 1.11. The number of allylic oxidation sites excluding steroid dienone is 4. The maximum atomic E-state index is 13.9. The third kappa shape index (κ3) is 4.76. The van der Waals surface area contributed by atoms with Crippen LogP contribution >= 0.6 is 0 Å². The van der Waals surface area contributed by atoms with E-state index in [1.165, 1.54) is 25.0 Å². The van der Waals surface area contributed by atoms with E-state index < -0.39 is 0 Å². The minimum atomic E-state index is -0.297. The van der Waals surface area contributed by atoms with E-state index in [0.717, 1.165) is 74.6 Å². The largest absolute Gasteiger partial charge is 0.372 e. The lowest BCUT2D eigenvalue weighted by molar-refractivity contribution is 0.243. The zero-order valence-corrected chi connectivity index (χ0v) is 22.2. The first-order valence-corrected chi connectivity index (χ1v) is 13.4. The molecule has 6 rings (SSSR count). The van der Waals surface area contributed by atoms with Crippen LogP contribution in [0.25, 0.3) is 50.2 Å². The zero-order valence-electron chi connectivity index (χ0n) is 22.2. The van der Waals surface area contributed by atoms with Crippen molar-refractivity contribution in [3.63, 3.8) is 0 Å². The Kier molecular flexibility index (Phi) is 6.57. The summed E-state index contributed by atoms with van der Waals surface area (Å²) in [5, 5.41) is 8.71. The van der Waals surface area contributed by atoms with Crippen molar-refractivity contribution in [1.29, 1.82) is 0 Å². The zero-order chi connectivity index (χ0) is 26.9. The Morgan fingerprint density at radius 1 is 1.10 bits per heavy atom. The molecule has 1 saturated heterocycles. The van der Waals surface area contributed by atoms with Crippen LogP contribution in [0.1, 0.15) is 32.3 Å². The van der Waals surface area contributed by atoms with Crippen LogP contribution in [0.5, 0.6) is 0 Å². The summed E-state index contributed by atoms with van der Waals surface area (Å²) >= 11 is 0. The molecule has 6 nitrogen and oxygen atoms in total. The number of H-pyrrole nitrogens is 2. The molecule has 3 aromatic heterocycles. The Hall–Kier alpha value is -4.52. The molecule has 0 amide bonds. The lowest BCUT2D eigenvalue weighted by atomic mass is 9.97. The number of fused-ring (bicyclic) bond motifs is 2. The maximum absolute atomic E-state index is 13.9. The van der Waals surface area contributed by atoms with Crippen LogP contribution in [0.2, 0.25) is 0 Å². The molecule has 1 aliphatic heterocycles. The topological polar surface area (TPSA) is 73.5 Å². The van der Waals surface area contributed by atoms with E-state index in [4.69, 9.17) is 4.98 Å². The third-order valence-corrected chi connectivity index (χ3v) is 7.62. The third-order valence-electron chi connectivity index (χ3n) is 7.62. The molecule has 0 atom stereocenters. The number of nitrogens with one attached hydrogen (secondary N) is 2. The van der Waals surface area contributed by atoms with E-state index in [-0.39, 0.29) is 5.82 Å². The van der Waals surface area contributed by atoms with Crippen LogP contribution in [0.4, 0.5) is 4.39 Å². The van der Waals surface area contributed by atoms with Gasteiger partial charge in [0, 0.05) is 35.9 Å². The second kappa shape index (κ2) is 10.3. The van der Waals surface area contributed by atoms with Crippen molar-refractivity contribution in [3.8, 4) is 22.6 Å².